The summed E-state index contributed by atoms with van der Waals surface area (Å²) in [5, 5.41) is 3.67. The molecule has 0 atom stereocenters. The lowest BCUT2D eigenvalue weighted by Crippen LogP contribution is -2.26. The van der Waals surface area contributed by atoms with Gasteiger partial charge in [-0.1, -0.05) is 56.0 Å². The van der Waals surface area contributed by atoms with Crippen LogP contribution in [0.4, 0.5) is 11.8 Å². The molecule has 0 spiro atoms. The van der Waals surface area contributed by atoms with Crippen LogP contribution in [0, 0.1) is 6.92 Å². The Labute approximate surface area is 151 Å². The van der Waals surface area contributed by atoms with Gasteiger partial charge in [-0.15, -0.1) is 0 Å². The number of nitrogens with one attached hydrogen (secondary N) is 1. The molecule has 134 valence electrons. The molecule has 25 heavy (non-hydrogen) atoms. The summed E-state index contributed by atoms with van der Waals surface area (Å²) in [6.07, 6.45) is 7.88. The van der Waals surface area contributed by atoms with Crippen LogP contribution in [-0.4, -0.2) is 22.6 Å². The van der Waals surface area contributed by atoms with Crippen molar-refractivity contribution in [1.82, 2.24) is 9.97 Å². The first-order chi connectivity index (χ1) is 12.2. The van der Waals surface area contributed by atoms with E-state index in [1.165, 1.54) is 44.1 Å². The fraction of sp³-hybridized carbons (Fsp3) is 0.524. The van der Waals surface area contributed by atoms with Gasteiger partial charge in [0.25, 0.3) is 0 Å². The van der Waals surface area contributed by atoms with Gasteiger partial charge in [0.15, 0.2) is 0 Å². The number of rotatable bonds is 6. The van der Waals surface area contributed by atoms with E-state index in [0.29, 0.717) is 6.04 Å². The van der Waals surface area contributed by atoms with Crippen LogP contribution in [0.5, 0.6) is 0 Å². The lowest BCUT2D eigenvalue weighted by atomic mass is 10.1. The second-order valence-electron chi connectivity index (χ2n) is 7.03. The molecule has 1 aliphatic carbocycles. The summed E-state index contributed by atoms with van der Waals surface area (Å²) in [6, 6.07) is 13.2. The molecule has 1 aromatic heterocycles. The lowest BCUT2D eigenvalue weighted by molar-refractivity contribution is 0.617. The van der Waals surface area contributed by atoms with Crippen molar-refractivity contribution in [1.29, 1.82) is 0 Å². The molecule has 2 aromatic rings. The Bertz CT molecular complexity index is 648. The number of aryl methyl sites for hydroxylation is 1. The fourth-order valence-electron chi connectivity index (χ4n) is 3.53. The molecule has 0 saturated heterocycles. The summed E-state index contributed by atoms with van der Waals surface area (Å²) in [4.78, 5) is 11.8. The van der Waals surface area contributed by atoms with E-state index in [1.807, 2.05) is 0 Å². The Balaban J connectivity index is 1.74. The van der Waals surface area contributed by atoms with Crippen molar-refractivity contribution in [2.24, 2.45) is 0 Å². The maximum atomic E-state index is 4.83. The highest BCUT2D eigenvalue weighted by Crippen LogP contribution is 2.22. The standard InChI is InChI=1S/C21H30N4/c1-3-25(16-18-11-7-6-8-12-18)21-22-17(2)15-20(24-21)23-19-13-9-4-5-10-14-19/h6-8,11-12,15,19H,3-5,9-10,13-14,16H2,1-2H3,(H,22,23,24). The lowest BCUT2D eigenvalue weighted by Gasteiger charge is -2.23. The number of nitrogens with zero attached hydrogens (tertiary/aromatic N) is 3. The van der Waals surface area contributed by atoms with Gasteiger partial charge in [0.1, 0.15) is 5.82 Å². The molecule has 0 unspecified atom stereocenters. The molecule has 1 aliphatic rings. The molecular formula is C21H30N4. The molecule has 3 rings (SSSR count). The van der Waals surface area contributed by atoms with Crippen molar-refractivity contribution in [2.45, 2.75) is 65.0 Å². The van der Waals surface area contributed by atoms with Crippen molar-refractivity contribution in [2.75, 3.05) is 16.8 Å². The maximum Gasteiger partial charge on any atom is 0.227 e. The molecule has 1 aromatic carbocycles. The quantitative estimate of drug-likeness (QED) is 0.757. The van der Waals surface area contributed by atoms with E-state index in [2.05, 4.69) is 65.4 Å². The Morgan fingerprint density at radius 2 is 1.76 bits per heavy atom. The third kappa shape index (κ3) is 5.18. The number of hydrogen-bond acceptors (Lipinski definition) is 4. The number of benzene rings is 1. The summed E-state index contributed by atoms with van der Waals surface area (Å²) in [7, 11) is 0. The van der Waals surface area contributed by atoms with E-state index in [0.717, 1.165) is 30.5 Å². The van der Waals surface area contributed by atoms with Crippen LogP contribution in [0.25, 0.3) is 0 Å². The normalized spacial score (nSPS) is 15.6. The molecule has 0 amide bonds. The minimum absolute atomic E-state index is 0.550. The van der Waals surface area contributed by atoms with Crippen LogP contribution in [0.15, 0.2) is 36.4 Å². The minimum Gasteiger partial charge on any atom is -0.367 e. The van der Waals surface area contributed by atoms with Gasteiger partial charge >= 0.3 is 0 Å². The van der Waals surface area contributed by atoms with Gasteiger partial charge in [0.2, 0.25) is 5.95 Å². The van der Waals surface area contributed by atoms with E-state index in [1.54, 1.807) is 0 Å². The van der Waals surface area contributed by atoms with E-state index in [9.17, 15) is 0 Å². The molecule has 4 heteroatoms. The first-order valence-corrected chi connectivity index (χ1v) is 9.65. The molecule has 1 heterocycles. The maximum absolute atomic E-state index is 4.83. The smallest absolute Gasteiger partial charge is 0.227 e. The molecule has 0 aliphatic heterocycles. The summed E-state index contributed by atoms with van der Waals surface area (Å²) >= 11 is 0. The average Bonchev–Trinajstić information content (AvgIpc) is 2.88. The number of hydrogen-bond donors (Lipinski definition) is 1. The Hall–Kier alpha value is -2.10. The predicted octanol–water partition coefficient (Wildman–Crippen LogP) is 4.95. The molecule has 1 N–H and O–H groups in total. The summed E-state index contributed by atoms with van der Waals surface area (Å²) in [6.45, 7) is 5.94. The van der Waals surface area contributed by atoms with Gasteiger partial charge in [-0.3, -0.25) is 0 Å². The van der Waals surface area contributed by atoms with Crippen LogP contribution in [0.3, 0.4) is 0 Å². The zero-order chi connectivity index (χ0) is 17.5. The largest absolute Gasteiger partial charge is 0.367 e. The SMILES string of the molecule is CCN(Cc1ccccc1)c1nc(C)cc(NC2CCCCCC2)n1. The Kier molecular flexibility index (Phi) is 6.26. The molecule has 0 radical (unpaired) electrons. The molecular weight excluding hydrogens is 308 g/mol. The Morgan fingerprint density at radius 1 is 1.04 bits per heavy atom. The van der Waals surface area contributed by atoms with E-state index >= 15 is 0 Å². The van der Waals surface area contributed by atoms with E-state index in [4.69, 9.17) is 4.98 Å². The monoisotopic (exact) mass is 338 g/mol. The van der Waals surface area contributed by atoms with Crippen molar-refractivity contribution in [3.05, 3.63) is 47.7 Å². The van der Waals surface area contributed by atoms with Gasteiger partial charge in [0.05, 0.1) is 0 Å². The Morgan fingerprint density at radius 3 is 2.44 bits per heavy atom. The highest BCUT2D eigenvalue weighted by Gasteiger charge is 2.15. The molecule has 0 bridgehead atoms. The fourth-order valence-corrected chi connectivity index (χ4v) is 3.53. The van der Waals surface area contributed by atoms with Gasteiger partial charge in [-0.05, 0) is 32.3 Å². The molecule has 4 nitrogen and oxygen atoms in total. The second-order valence-corrected chi connectivity index (χ2v) is 7.03. The molecule has 1 saturated carbocycles. The summed E-state index contributed by atoms with van der Waals surface area (Å²) in [5.41, 5.74) is 2.31. The second kappa shape index (κ2) is 8.84. The van der Waals surface area contributed by atoms with Crippen LogP contribution < -0.4 is 10.2 Å². The van der Waals surface area contributed by atoms with Gasteiger partial charge in [0, 0.05) is 30.9 Å². The first-order valence-electron chi connectivity index (χ1n) is 9.65. The first kappa shape index (κ1) is 17.7. The third-order valence-corrected chi connectivity index (χ3v) is 4.93. The van der Waals surface area contributed by atoms with Gasteiger partial charge < -0.3 is 10.2 Å². The van der Waals surface area contributed by atoms with Crippen LogP contribution in [0.2, 0.25) is 0 Å². The zero-order valence-electron chi connectivity index (χ0n) is 15.5. The van der Waals surface area contributed by atoms with Crippen molar-refractivity contribution in [3.63, 3.8) is 0 Å². The number of aromatic nitrogens is 2. The van der Waals surface area contributed by atoms with Crippen LogP contribution in [0.1, 0.15) is 56.7 Å². The van der Waals surface area contributed by atoms with Crippen molar-refractivity contribution < 1.29 is 0 Å². The highest BCUT2D eigenvalue weighted by atomic mass is 15.3. The summed E-state index contributed by atoms with van der Waals surface area (Å²) in [5.74, 6) is 1.79. The molecule has 1 fully saturated rings. The van der Waals surface area contributed by atoms with E-state index in [-0.39, 0.29) is 0 Å². The van der Waals surface area contributed by atoms with Crippen molar-refractivity contribution >= 4 is 11.8 Å². The third-order valence-electron chi connectivity index (χ3n) is 4.93. The predicted molar refractivity (Wildman–Crippen MR) is 105 cm³/mol. The van der Waals surface area contributed by atoms with Crippen LogP contribution in [-0.2, 0) is 6.54 Å². The minimum atomic E-state index is 0.550. The highest BCUT2D eigenvalue weighted by molar-refractivity contribution is 5.44. The van der Waals surface area contributed by atoms with Gasteiger partial charge in [-0.25, -0.2) is 4.98 Å². The van der Waals surface area contributed by atoms with E-state index < -0.39 is 0 Å². The topological polar surface area (TPSA) is 41.1 Å². The average molecular weight is 338 g/mol. The van der Waals surface area contributed by atoms with Gasteiger partial charge in [-0.2, -0.15) is 4.98 Å². The van der Waals surface area contributed by atoms with Crippen LogP contribution >= 0.6 is 0 Å². The number of anilines is 2. The summed E-state index contributed by atoms with van der Waals surface area (Å²) < 4.78 is 0. The van der Waals surface area contributed by atoms with Crippen molar-refractivity contribution in [3.8, 4) is 0 Å². The zero-order valence-corrected chi connectivity index (χ0v) is 15.5.